The molecule has 0 spiro atoms. The molecule has 0 saturated carbocycles. The normalized spacial score (nSPS) is 11.4. The Kier molecular flexibility index (Phi) is 4.87. The van der Waals surface area contributed by atoms with Crippen molar-refractivity contribution in [2.75, 3.05) is 7.11 Å². The van der Waals surface area contributed by atoms with Gasteiger partial charge in [0.15, 0.2) is 5.76 Å². The van der Waals surface area contributed by atoms with Crippen molar-refractivity contribution in [3.8, 4) is 17.1 Å². The molecule has 130 valence electrons. The molecule has 1 heterocycles. The Bertz CT molecular complexity index is 966. The topological polar surface area (TPSA) is 81.4 Å². The lowest BCUT2D eigenvalue weighted by Crippen LogP contribution is -2.23. The van der Waals surface area contributed by atoms with Crippen LogP contribution in [0.3, 0.4) is 0 Å². The fourth-order valence-electron chi connectivity index (χ4n) is 2.39. The zero-order valence-corrected chi connectivity index (χ0v) is 14.7. The van der Waals surface area contributed by atoms with Crippen molar-refractivity contribution in [3.63, 3.8) is 0 Å². The third-order valence-electron chi connectivity index (χ3n) is 3.67. The summed E-state index contributed by atoms with van der Waals surface area (Å²) in [6.07, 6.45) is 0. The number of hydrogen-bond acceptors (Lipinski definition) is 5. The van der Waals surface area contributed by atoms with E-state index in [0.29, 0.717) is 11.3 Å². The maximum atomic E-state index is 12.7. The Morgan fingerprint density at radius 2 is 1.88 bits per heavy atom. The predicted molar refractivity (Wildman–Crippen MR) is 93.7 cm³/mol. The van der Waals surface area contributed by atoms with Crippen LogP contribution in [0.15, 0.2) is 64.0 Å². The number of aromatic nitrogens is 1. The third-order valence-corrected chi connectivity index (χ3v) is 5.10. The summed E-state index contributed by atoms with van der Waals surface area (Å²) in [5.41, 5.74) is 2.20. The zero-order chi connectivity index (χ0) is 17.9. The molecule has 1 aromatic heterocycles. The van der Waals surface area contributed by atoms with Gasteiger partial charge in [0.1, 0.15) is 10.6 Å². The van der Waals surface area contributed by atoms with E-state index in [1.807, 2.05) is 30.3 Å². The monoisotopic (exact) mass is 358 g/mol. The summed E-state index contributed by atoms with van der Waals surface area (Å²) >= 11 is 0. The van der Waals surface area contributed by atoms with Crippen LogP contribution in [0.4, 0.5) is 0 Å². The number of rotatable bonds is 6. The summed E-state index contributed by atoms with van der Waals surface area (Å²) in [6.45, 7) is 1.99. The molecule has 0 amide bonds. The number of nitrogens with one attached hydrogen (secondary N) is 1. The largest absolute Gasteiger partial charge is 0.495 e. The summed E-state index contributed by atoms with van der Waals surface area (Å²) in [5.74, 6) is 0.764. The average Bonchev–Trinajstić information content (AvgIpc) is 3.07. The standard InChI is InChI=1S/C18H18N2O4S/c1-13-10-17(24-20-13)15-8-9-16(23-2)18(11-15)25(21,22)19-12-14-6-4-3-5-7-14/h3-11,19H,12H2,1-2H3. The van der Waals surface area contributed by atoms with Gasteiger partial charge in [0.25, 0.3) is 0 Å². The second-order valence-corrected chi connectivity index (χ2v) is 7.24. The number of ether oxygens (including phenoxy) is 1. The van der Waals surface area contributed by atoms with Crippen molar-refractivity contribution in [2.24, 2.45) is 0 Å². The molecule has 0 aliphatic rings. The fourth-order valence-corrected chi connectivity index (χ4v) is 3.60. The summed E-state index contributed by atoms with van der Waals surface area (Å²) < 4.78 is 38.5. The second kappa shape index (κ2) is 7.08. The van der Waals surface area contributed by atoms with Crippen LogP contribution in [0.2, 0.25) is 0 Å². The quantitative estimate of drug-likeness (QED) is 0.732. The van der Waals surface area contributed by atoms with Gasteiger partial charge in [-0.2, -0.15) is 0 Å². The fraction of sp³-hybridized carbons (Fsp3) is 0.167. The third kappa shape index (κ3) is 3.89. The molecule has 3 aromatic rings. The van der Waals surface area contributed by atoms with Gasteiger partial charge in [-0.1, -0.05) is 35.5 Å². The molecule has 0 atom stereocenters. The van der Waals surface area contributed by atoms with E-state index in [9.17, 15) is 8.42 Å². The van der Waals surface area contributed by atoms with Crippen molar-refractivity contribution in [3.05, 3.63) is 65.9 Å². The smallest absolute Gasteiger partial charge is 0.244 e. The van der Waals surface area contributed by atoms with E-state index in [0.717, 1.165) is 11.3 Å². The van der Waals surface area contributed by atoms with Gasteiger partial charge < -0.3 is 9.26 Å². The molecule has 0 aliphatic carbocycles. The van der Waals surface area contributed by atoms with Crippen LogP contribution in [0.5, 0.6) is 5.75 Å². The molecule has 0 saturated heterocycles. The van der Waals surface area contributed by atoms with E-state index >= 15 is 0 Å². The van der Waals surface area contributed by atoms with E-state index in [1.54, 1.807) is 25.1 Å². The number of nitrogens with zero attached hydrogens (tertiary/aromatic N) is 1. The van der Waals surface area contributed by atoms with Gasteiger partial charge in [0.2, 0.25) is 10.0 Å². The van der Waals surface area contributed by atoms with Crippen molar-refractivity contribution in [1.29, 1.82) is 0 Å². The lowest BCUT2D eigenvalue weighted by atomic mass is 10.1. The highest BCUT2D eigenvalue weighted by Gasteiger charge is 2.21. The summed E-state index contributed by atoms with van der Waals surface area (Å²) in [6, 6.07) is 15.9. The van der Waals surface area contributed by atoms with Gasteiger partial charge in [-0.15, -0.1) is 0 Å². The minimum absolute atomic E-state index is 0.0532. The van der Waals surface area contributed by atoms with Gasteiger partial charge in [0.05, 0.1) is 12.8 Å². The average molecular weight is 358 g/mol. The number of aryl methyl sites for hydroxylation is 1. The van der Waals surface area contributed by atoms with Gasteiger partial charge in [-0.25, -0.2) is 13.1 Å². The number of hydrogen-bond donors (Lipinski definition) is 1. The lowest BCUT2D eigenvalue weighted by Gasteiger charge is -2.12. The van der Waals surface area contributed by atoms with Crippen molar-refractivity contribution in [1.82, 2.24) is 9.88 Å². The van der Waals surface area contributed by atoms with Gasteiger partial charge in [0, 0.05) is 18.2 Å². The van der Waals surface area contributed by atoms with Crippen molar-refractivity contribution < 1.29 is 17.7 Å². The Morgan fingerprint density at radius 1 is 1.12 bits per heavy atom. The van der Waals surface area contributed by atoms with E-state index in [1.165, 1.54) is 13.2 Å². The number of methoxy groups -OCH3 is 1. The maximum absolute atomic E-state index is 12.7. The summed E-state index contributed by atoms with van der Waals surface area (Å²) in [5, 5.41) is 3.83. The molecular weight excluding hydrogens is 340 g/mol. The van der Waals surface area contributed by atoms with E-state index < -0.39 is 10.0 Å². The Balaban J connectivity index is 1.93. The minimum Gasteiger partial charge on any atom is -0.495 e. The molecule has 0 radical (unpaired) electrons. The Labute approximate surface area is 146 Å². The minimum atomic E-state index is -3.76. The first kappa shape index (κ1) is 17.2. The number of benzene rings is 2. The number of sulfonamides is 1. The van der Waals surface area contributed by atoms with E-state index in [2.05, 4.69) is 9.88 Å². The lowest BCUT2D eigenvalue weighted by molar-refractivity contribution is 0.402. The molecule has 2 aromatic carbocycles. The van der Waals surface area contributed by atoms with Crippen LogP contribution in [-0.4, -0.2) is 20.7 Å². The molecule has 0 aliphatic heterocycles. The molecule has 25 heavy (non-hydrogen) atoms. The SMILES string of the molecule is COc1ccc(-c2cc(C)no2)cc1S(=O)(=O)NCc1ccccc1. The highest BCUT2D eigenvalue weighted by molar-refractivity contribution is 7.89. The van der Waals surface area contributed by atoms with E-state index in [-0.39, 0.29) is 17.2 Å². The highest BCUT2D eigenvalue weighted by Crippen LogP contribution is 2.30. The van der Waals surface area contributed by atoms with Crippen LogP contribution >= 0.6 is 0 Å². The second-order valence-electron chi connectivity index (χ2n) is 5.51. The zero-order valence-electron chi connectivity index (χ0n) is 13.9. The van der Waals surface area contributed by atoms with Crippen molar-refractivity contribution >= 4 is 10.0 Å². The van der Waals surface area contributed by atoms with Crippen LogP contribution in [0, 0.1) is 6.92 Å². The highest BCUT2D eigenvalue weighted by atomic mass is 32.2. The molecule has 7 heteroatoms. The van der Waals surface area contributed by atoms with E-state index in [4.69, 9.17) is 9.26 Å². The molecule has 6 nitrogen and oxygen atoms in total. The van der Waals surface area contributed by atoms with Gasteiger partial charge >= 0.3 is 0 Å². The van der Waals surface area contributed by atoms with Crippen molar-refractivity contribution in [2.45, 2.75) is 18.4 Å². The van der Waals surface area contributed by atoms with Crippen LogP contribution < -0.4 is 9.46 Å². The summed E-state index contributed by atoms with van der Waals surface area (Å²) in [7, 11) is -2.33. The van der Waals surface area contributed by atoms with Gasteiger partial charge in [-0.05, 0) is 30.7 Å². The first-order valence-corrected chi connectivity index (χ1v) is 9.13. The van der Waals surface area contributed by atoms with Crippen LogP contribution in [0.25, 0.3) is 11.3 Å². The predicted octanol–water partition coefficient (Wildman–Crippen LogP) is 3.14. The first-order valence-electron chi connectivity index (χ1n) is 7.65. The maximum Gasteiger partial charge on any atom is 0.244 e. The Morgan fingerprint density at radius 3 is 2.52 bits per heavy atom. The molecule has 0 bridgehead atoms. The first-order chi connectivity index (χ1) is 12.0. The molecule has 0 unspecified atom stereocenters. The van der Waals surface area contributed by atoms with Crippen LogP contribution in [-0.2, 0) is 16.6 Å². The van der Waals surface area contributed by atoms with Crippen LogP contribution in [0.1, 0.15) is 11.3 Å². The van der Waals surface area contributed by atoms with Gasteiger partial charge in [-0.3, -0.25) is 0 Å². The molecular formula is C18H18N2O4S. The molecule has 0 fully saturated rings. The molecule has 1 N–H and O–H groups in total. The Hall–Kier alpha value is -2.64. The molecule has 3 rings (SSSR count). The summed E-state index contributed by atoms with van der Waals surface area (Å²) in [4.78, 5) is 0.0532.